The molecule has 0 aliphatic carbocycles. The van der Waals surface area contributed by atoms with E-state index >= 15 is 0 Å². The van der Waals surface area contributed by atoms with Crippen LogP contribution < -0.4 is 4.90 Å². The Balaban J connectivity index is 0.000000219. The summed E-state index contributed by atoms with van der Waals surface area (Å²) >= 11 is 5.82. The van der Waals surface area contributed by atoms with E-state index in [1.165, 1.54) is 0 Å². The number of carbonyl (C=O) groups excluding carboxylic acids is 2. The smallest absolute Gasteiger partial charge is 0.151 e. The van der Waals surface area contributed by atoms with Gasteiger partial charge in [0.15, 0.2) is 6.29 Å². The van der Waals surface area contributed by atoms with Gasteiger partial charge < -0.3 is 4.90 Å². The minimum absolute atomic E-state index is 0.496. The van der Waals surface area contributed by atoms with Gasteiger partial charge in [0.25, 0.3) is 0 Å². The van der Waals surface area contributed by atoms with Crippen LogP contribution in [0.4, 0.5) is 5.69 Å². The third-order valence-corrected chi connectivity index (χ3v) is 3.27. The summed E-state index contributed by atoms with van der Waals surface area (Å²) in [5.41, 5.74) is 3.33. The maximum absolute atomic E-state index is 10.4. The lowest BCUT2D eigenvalue weighted by atomic mass is 10.1. The molecule has 0 atom stereocenters. The molecule has 0 N–H and O–H groups in total. The molecule has 0 heterocycles. The first-order valence-electron chi connectivity index (χ1n) is 6.42. The van der Waals surface area contributed by atoms with Crippen molar-refractivity contribution >= 4 is 29.9 Å². The van der Waals surface area contributed by atoms with Crippen LogP contribution in [0.25, 0.3) is 0 Å². The zero-order valence-corrected chi connectivity index (χ0v) is 13.1. The fraction of sp³-hybridized carbons (Fsp3) is 0.176. The van der Waals surface area contributed by atoms with E-state index in [1.54, 1.807) is 12.1 Å². The summed E-state index contributed by atoms with van der Waals surface area (Å²) in [6.07, 6.45) is 1.62. The van der Waals surface area contributed by atoms with Gasteiger partial charge in [-0.1, -0.05) is 35.9 Å². The fourth-order valence-electron chi connectivity index (χ4n) is 1.61. The molecule has 0 aromatic heterocycles. The highest BCUT2D eigenvalue weighted by Gasteiger charge is 2.01. The molecule has 0 saturated carbocycles. The lowest BCUT2D eigenvalue weighted by Gasteiger charge is -2.12. The Labute approximate surface area is 130 Å². The summed E-state index contributed by atoms with van der Waals surface area (Å²) in [5, 5.41) is 0.496. The molecule has 2 rings (SSSR count). The lowest BCUT2D eigenvalue weighted by molar-refractivity contribution is 0.111. The van der Waals surface area contributed by atoms with Crippen molar-refractivity contribution in [2.24, 2.45) is 0 Å². The summed E-state index contributed by atoms with van der Waals surface area (Å²) in [4.78, 5) is 22.6. The standard InChI is InChI=1S/C9H10ClNO.C8H8O/c1-11(2)8-4-3-7(6-12)9(10)5-8;1-7-4-2-3-5-8(7)6-9/h3-6H,1-2H3;2-6H,1H3. The second-order valence-electron chi connectivity index (χ2n) is 4.69. The Kier molecular flexibility index (Phi) is 6.63. The summed E-state index contributed by atoms with van der Waals surface area (Å²) in [6, 6.07) is 12.8. The molecular weight excluding hydrogens is 286 g/mol. The molecule has 2 aromatic carbocycles. The van der Waals surface area contributed by atoms with Crippen LogP contribution in [0.5, 0.6) is 0 Å². The third-order valence-electron chi connectivity index (χ3n) is 2.94. The Morgan fingerprint density at radius 2 is 1.57 bits per heavy atom. The maximum Gasteiger partial charge on any atom is 0.151 e. The minimum atomic E-state index is 0.496. The van der Waals surface area contributed by atoms with Gasteiger partial charge >= 0.3 is 0 Å². The molecule has 0 aliphatic heterocycles. The summed E-state index contributed by atoms with van der Waals surface area (Å²) in [5.74, 6) is 0. The minimum Gasteiger partial charge on any atom is -0.378 e. The van der Waals surface area contributed by atoms with Crippen molar-refractivity contribution in [3.63, 3.8) is 0 Å². The Morgan fingerprint density at radius 3 is 2.00 bits per heavy atom. The van der Waals surface area contributed by atoms with Gasteiger partial charge in [-0.05, 0) is 30.7 Å². The second kappa shape index (κ2) is 8.22. The maximum atomic E-state index is 10.4. The average molecular weight is 304 g/mol. The number of carbonyl (C=O) groups is 2. The predicted molar refractivity (Wildman–Crippen MR) is 87.7 cm³/mol. The van der Waals surface area contributed by atoms with Crippen LogP contribution in [0.3, 0.4) is 0 Å². The number of nitrogens with zero attached hydrogens (tertiary/aromatic N) is 1. The van der Waals surface area contributed by atoms with E-state index in [0.717, 1.165) is 29.4 Å². The number of aryl methyl sites for hydroxylation is 1. The largest absolute Gasteiger partial charge is 0.378 e. The van der Waals surface area contributed by atoms with E-state index in [0.29, 0.717) is 10.6 Å². The van der Waals surface area contributed by atoms with Gasteiger partial charge in [0.1, 0.15) is 6.29 Å². The molecule has 0 fully saturated rings. The SMILES string of the molecule is CN(C)c1ccc(C=O)c(Cl)c1.Cc1ccccc1C=O. The van der Waals surface area contributed by atoms with E-state index in [1.807, 2.05) is 56.3 Å². The molecule has 0 unspecified atom stereocenters. The normalized spacial score (nSPS) is 9.33. The number of aldehydes is 2. The summed E-state index contributed by atoms with van der Waals surface area (Å²) in [7, 11) is 3.85. The number of rotatable bonds is 3. The predicted octanol–water partition coefficient (Wildman–Crippen LogP) is 4.03. The van der Waals surface area contributed by atoms with Crippen molar-refractivity contribution in [1.82, 2.24) is 0 Å². The van der Waals surface area contributed by atoms with Crippen molar-refractivity contribution in [2.75, 3.05) is 19.0 Å². The van der Waals surface area contributed by atoms with Crippen LogP contribution in [0.15, 0.2) is 42.5 Å². The zero-order valence-electron chi connectivity index (χ0n) is 12.3. The molecule has 2 aromatic rings. The van der Waals surface area contributed by atoms with E-state index in [9.17, 15) is 9.59 Å². The zero-order chi connectivity index (χ0) is 15.8. The fourth-order valence-corrected chi connectivity index (χ4v) is 1.83. The molecule has 0 radical (unpaired) electrons. The Bertz CT molecular complexity index is 624. The van der Waals surface area contributed by atoms with Crippen molar-refractivity contribution in [3.05, 3.63) is 64.2 Å². The highest BCUT2D eigenvalue weighted by atomic mass is 35.5. The highest BCUT2D eigenvalue weighted by Crippen LogP contribution is 2.20. The van der Waals surface area contributed by atoms with E-state index in [2.05, 4.69) is 0 Å². The molecule has 3 nitrogen and oxygen atoms in total. The van der Waals surface area contributed by atoms with Gasteiger partial charge in [0, 0.05) is 30.9 Å². The number of hydrogen-bond acceptors (Lipinski definition) is 3. The molecule has 4 heteroatoms. The molecule has 0 bridgehead atoms. The first-order valence-corrected chi connectivity index (χ1v) is 6.80. The summed E-state index contributed by atoms with van der Waals surface area (Å²) in [6.45, 7) is 1.92. The molecule has 21 heavy (non-hydrogen) atoms. The summed E-state index contributed by atoms with van der Waals surface area (Å²) < 4.78 is 0. The molecule has 0 amide bonds. The highest BCUT2D eigenvalue weighted by molar-refractivity contribution is 6.33. The Morgan fingerprint density at radius 1 is 0.952 bits per heavy atom. The van der Waals surface area contributed by atoms with Crippen molar-refractivity contribution in [2.45, 2.75) is 6.92 Å². The molecule has 0 spiro atoms. The molecule has 0 aliphatic rings. The van der Waals surface area contributed by atoms with Crippen molar-refractivity contribution < 1.29 is 9.59 Å². The average Bonchev–Trinajstić information content (AvgIpc) is 2.48. The van der Waals surface area contributed by atoms with Gasteiger partial charge in [-0.15, -0.1) is 0 Å². The second-order valence-corrected chi connectivity index (χ2v) is 5.10. The van der Waals surface area contributed by atoms with Gasteiger partial charge in [0.2, 0.25) is 0 Å². The first-order chi connectivity index (χ1) is 9.99. The quantitative estimate of drug-likeness (QED) is 0.804. The van der Waals surface area contributed by atoms with Crippen LogP contribution in [0.1, 0.15) is 26.3 Å². The van der Waals surface area contributed by atoms with Crippen LogP contribution in [0, 0.1) is 6.92 Å². The number of benzene rings is 2. The van der Waals surface area contributed by atoms with Crippen LogP contribution in [0.2, 0.25) is 5.02 Å². The van der Waals surface area contributed by atoms with Crippen LogP contribution in [-0.4, -0.2) is 26.7 Å². The molecule has 110 valence electrons. The third kappa shape index (κ3) is 5.04. The van der Waals surface area contributed by atoms with Crippen LogP contribution in [-0.2, 0) is 0 Å². The monoisotopic (exact) mass is 303 g/mol. The first kappa shape index (κ1) is 16.9. The number of halogens is 1. The number of anilines is 1. The van der Waals surface area contributed by atoms with E-state index in [-0.39, 0.29) is 0 Å². The van der Waals surface area contributed by atoms with Crippen LogP contribution >= 0.6 is 11.6 Å². The van der Waals surface area contributed by atoms with Gasteiger partial charge in [-0.3, -0.25) is 9.59 Å². The van der Waals surface area contributed by atoms with E-state index < -0.39 is 0 Å². The van der Waals surface area contributed by atoms with E-state index in [4.69, 9.17) is 11.6 Å². The topological polar surface area (TPSA) is 37.4 Å². The van der Waals surface area contributed by atoms with Crippen molar-refractivity contribution in [1.29, 1.82) is 0 Å². The van der Waals surface area contributed by atoms with Crippen molar-refractivity contribution in [3.8, 4) is 0 Å². The lowest BCUT2D eigenvalue weighted by Crippen LogP contribution is -2.08. The van der Waals surface area contributed by atoms with Gasteiger partial charge in [0.05, 0.1) is 5.02 Å². The molecular formula is C17H18ClNO2. The number of hydrogen-bond donors (Lipinski definition) is 0. The van der Waals surface area contributed by atoms with Gasteiger partial charge in [-0.25, -0.2) is 0 Å². The van der Waals surface area contributed by atoms with Gasteiger partial charge in [-0.2, -0.15) is 0 Å². The Hall–Kier alpha value is -2.13. The molecule has 0 saturated heterocycles.